The first-order chi connectivity index (χ1) is 9.81. The highest BCUT2D eigenvalue weighted by atomic mass is 35.5. The molecule has 2 rings (SSSR count). The first-order valence-corrected chi connectivity index (χ1v) is 8.54. The van der Waals surface area contributed by atoms with Gasteiger partial charge < -0.3 is 5.73 Å². The second-order valence-corrected chi connectivity index (χ2v) is 7.93. The van der Waals surface area contributed by atoms with E-state index in [0.29, 0.717) is 16.6 Å². The topological polar surface area (TPSA) is 38.9 Å². The van der Waals surface area contributed by atoms with Gasteiger partial charge in [-0.25, -0.2) is 4.98 Å². The van der Waals surface area contributed by atoms with Crippen LogP contribution in [0.15, 0.2) is 23.6 Å². The predicted molar refractivity (Wildman–Crippen MR) is 92.8 cm³/mol. The Morgan fingerprint density at radius 2 is 2.00 bits per heavy atom. The molecule has 0 saturated heterocycles. The van der Waals surface area contributed by atoms with Gasteiger partial charge in [0.15, 0.2) is 0 Å². The van der Waals surface area contributed by atoms with Crippen molar-refractivity contribution in [2.75, 3.05) is 6.54 Å². The quantitative estimate of drug-likeness (QED) is 0.845. The van der Waals surface area contributed by atoms with Gasteiger partial charge in [0, 0.05) is 33.3 Å². The largest absolute Gasteiger partial charge is 0.330 e. The van der Waals surface area contributed by atoms with Gasteiger partial charge in [-0.15, -0.1) is 11.3 Å². The zero-order valence-corrected chi connectivity index (χ0v) is 14.8. The van der Waals surface area contributed by atoms with Crippen molar-refractivity contribution in [3.63, 3.8) is 0 Å². The van der Waals surface area contributed by atoms with E-state index in [0.717, 1.165) is 22.7 Å². The Balaban J connectivity index is 2.22. The molecular formula is C16H20Cl2N2S. The van der Waals surface area contributed by atoms with Crippen LogP contribution < -0.4 is 5.73 Å². The number of nitrogens with zero attached hydrogens (tertiary/aromatic N) is 1. The van der Waals surface area contributed by atoms with Gasteiger partial charge in [-0.2, -0.15) is 0 Å². The summed E-state index contributed by atoms with van der Waals surface area (Å²) in [7, 11) is 0. The van der Waals surface area contributed by atoms with Crippen molar-refractivity contribution in [1.29, 1.82) is 0 Å². The lowest BCUT2D eigenvalue weighted by Crippen LogP contribution is -2.16. The van der Waals surface area contributed by atoms with Crippen LogP contribution >= 0.6 is 34.5 Å². The molecule has 0 aliphatic heterocycles. The van der Waals surface area contributed by atoms with Crippen LogP contribution in [0.5, 0.6) is 0 Å². The summed E-state index contributed by atoms with van der Waals surface area (Å²) in [4.78, 5) is 4.77. The fourth-order valence-corrected chi connectivity index (χ4v) is 3.69. The Morgan fingerprint density at radius 1 is 1.29 bits per heavy atom. The minimum absolute atomic E-state index is 0.0613. The van der Waals surface area contributed by atoms with E-state index >= 15 is 0 Å². The molecule has 5 heteroatoms. The third-order valence-electron chi connectivity index (χ3n) is 3.41. The lowest BCUT2D eigenvalue weighted by atomic mass is 9.93. The van der Waals surface area contributed by atoms with Gasteiger partial charge in [0.25, 0.3) is 0 Å². The third kappa shape index (κ3) is 4.19. The summed E-state index contributed by atoms with van der Waals surface area (Å²) in [6.07, 6.45) is 0.781. The second kappa shape index (κ2) is 6.66. The molecule has 1 atom stereocenters. The van der Waals surface area contributed by atoms with E-state index in [1.165, 1.54) is 0 Å². The lowest BCUT2D eigenvalue weighted by molar-refractivity contribution is 0.566. The van der Waals surface area contributed by atoms with Gasteiger partial charge in [-0.05, 0) is 24.1 Å². The minimum atomic E-state index is 0.0613. The van der Waals surface area contributed by atoms with Gasteiger partial charge in [0.2, 0.25) is 0 Å². The smallest absolute Gasteiger partial charge is 0.0975 e. The summed E-state index contributed by atoms with van der Waals surface area (Å²) >= 11 is 13.9. The van der Waals surface area contributed by atoms with Gasteiger partial charge in [-0.1, -0.05) is 50.0 Å². The van der Waals surface area contributed by atoms with Crippen molar-refractivity contribution in [1.82, 2.24) is 4.98 Å². The van der Waals surface area contributed by atoms with Gasteiger partial charge in [-0.3, -0.25) is 0 Å². The Morgan fingerprint density at radius 3 is 2.52 bits per heavy atom. The molecule has 2 nitrogen and oxygen atoms in total. The number of aromatic nitrogens is 1. The molecule has 1 aromatic carbocycles. The Kier molecular flexibility index (Phi) is 5.31. The van der Waals surface area contributed by atoms with Crippen molar-refractivity contribution in [2.45, 2.75) is 38.5 Å². The van der Waals surface area contributed by atoms with Crippen LogP contribution in [0.4, 0.5) is 0 Å². The summed E-state index contributed by atoms with van der Waals surface area (Å²) in [6, 6.07) is 5.60. The number of benzene rings is 1. The number of rotatable bonds is 4. The van der Waals surface area contributed by atoms with Crippen molar-refractivity contribution in [3.05, 3.63) is 49.9 Å². The molecule has 1 unspecified atom stereocenters. The van der Waals surface area contributed by atoms with Crippen LogP contribution in [0.3, 0.4) is 0 Å². The van der Waals surface area contributed by atoms with Gasteiger partial charge >= 0.3 is 0 Å². The monoisotopic (exact) mass is 342 g/mol. The first kappa shape index (κ1) is 16.8. The number of hydrogen-bond donors (Lipinski definition) is 1. The van der Waals surface area contributed by atoms with Crippen molar-refractivity contribution in [3.8, 4) is 0 Å². The van der Waals surface area contributed by atoms with Crippen LogP contribution in [0.25, 0.3) is 0 Å². The van der Waals surface area contributed by atoms with Crippen LogP contribution in [0.1, 0.15) is 43.0 Å². The fraction of sp³-hybridized carbons (Fsp3) is 0.438. The highest BCUT2D eigenvalue weighted by Crippen LogP contribution is 2.31. The molecule has 1 heterocycles. The van der Waals surface area contributed by atoms with E-state index in [4.69, 9.17) is 33.9 Å². The highest BCUT2D eigenvalue weighted by molar-refractivity contribution is 7.09. The standard InChI is InChI=1S/C16H20Cl2N2S/c1-16(2,3)14-9-21-15(20-14)11(8-19)6-10-4-5-12(17)7-13(10)18/h4-5,7,9,11H,6,8,19H2,1-3H3. The number of thiazole rings is 1. The van der Waals surface area contributed by atoms with Crippen LogP contribution in [0, 0.1) is 0 Å². The van der Waals surface area contributed by atoms with E-state index in [1.807, 2.05) is 12.1 Å². The molecule has 0 radical (unpaired) electrons. The van der Waals surface area contributed by atoms with E-state index in [1.54, 1.807) is 17.4 Å². The Labute approximate surface area is 140 Å². The molecule has 21 heavy (non-hydrogen) atoms. The average Bonchev–Trinajstić information content (AvgIpc) is 2.87. The molecule has 0 fully saturated rings. The molecule has 2 N–H and O–H groups in total. The Bertz CT molecular complexity index is 617. The van der Waals surface area contributed by atoms with E-state index < -0.39 is 0 Å². The minimum Gasteiger partial charge on any atom is -0.330 e. The maximum Gasteiger partial charge on any atom is 0.0975 e. The predicted octanol–water partition coefficient (Wildman–Crippen LogP) is 5.03. The number of halogens is 2. The fourth-order valence-electron chi connectivity index (χ4n) is 2.04. The lowest BCUT2D eigenvalue weighted by Gasteiger charge is -2.16. The molecule has 2 aromatic rings. The molecule has 1 aromatic heterocycles. The molecule has 0 saturated carbocycles. The molecule has 0 amide bonds. The molecule has 114 valence electrons. The SMILES string of the molecule is CC(C)(C)c1csc(C(CN)Cc2ccc(Cl)cc2Cl)n1. The molecule has 0 spiro atoms. The van der Waals surface area contributed by atoms with Crippen molar-refractivity contribution >= 4 is 34.5 Å². The summed E-state index contributed by atoms with van der Waals surface area (Å²) in [5, 5.41) is 4.54. The van der Waals surface area contributed by atoms with Crippen LogP contribution in [-0.2, 0) is 11.8 Å². The normalized spacial score (nSPS) is 13.4. The van der Waals surface area contributed by atoms with Crippen molar-refractivity contribution < 1.29 is 0 Å². The third-order valence-corrected chi connectivity index (χ3v) is 5.00. The van der Waals surface area contributed by atoms with Gasteiger partial charge in [0.05, 0.1) is 10.7 Å². The molecular weight excluding hydrogens is 323 g/mol. The first-order valence-electron chi connectivity index (χ1n) is 6.91. The molecule has 0 aliphatic rings. The highest BCUT2D eigenvalue weighted by Gasteiger charge is 2.21. The Hall–Kier alpha value is -0.610. The maximum absolute atomic E-state index is 6.25. The molecule has 0 aliphatic carbocycles. The van der Waals surface area contributed by atoms with Crippen LogP contribution in [-0.4, -0.2) is 11.5 Å². The summed E-state index contributed by atoms with van der Waals surface area (Å²) in [5.74, 6) is 0.185. The summed E-state index contributed by atoms with van der Waals surface area (Å²) in [6.45, 7) is 7.05. The zero-order chi connectivity index (χ0) is 15.6. The van der Waals surface area contributed by atoms with Crippen LogP contribution in [0.2, 0.25) is 10.0 Å². The number of nitrogens with two attached hydrogens (primary N) is 1. The van der Waals surface area contributed by atoms with Crippen molar-refractivity contribution in [2.24, 2.45) is 5.73 Å². The van der Waals surface area contributed by atoms with E-state index in [9.17, 15) is 0 Å². The molecule has 0 bridgehead atoms. The summed E-state index contributed by atoms with van der Waals surface area (Å²) in [5.41, 5.74) is 8.18. The zero-order valence-electron chi connectivity index (χ0n) is 12.5. The number of hydrogen-bond acceptors (Lipinski definition) is 3. The average molecular weight is 343 g/mol. The summed E-state index contributed by atoms with van der Waals surface area (Å²) < 4.78 is 0. The van der Waals surface area contributed by atoms with E-state index in [2.05, 4.69) is 26.2 Å². The van der Waals surface area contributed by atoms with Gasteiger partial charge in [0.1, 0.15) is 0 Å². The maximum atomic E-state index is 6.25. The second-order valence-electron chi connectivity index (χ2n) is 6.19. The van der Waals surface area contributed by atoms with E-state index in [-0.39, 0.29) is 11.3 Å².